The molecule has 1 spiro atoms. The van der Waals surface area contributed by atoms with Crippen LogP contribution in [0.2, 0.25) is 0 Å². The van der Waals surface area contributed by atoms with Gasteiger partial charge in [0.05, 0.1) is 28.8 Å². The van der Waals surface area contributed by atoms with E-state index < -0.39 is 0 Å². The zero-order valence-electron chi connectivity index (χ0n) is 16.5. The van der Waals surface area contributed by atoms with Crippen molar-refractivity contribution in [2.24, 2.45) is 11.8 Å². The van der Waals surface area contributed by atoms with Crippen molar-refractivity contribution in [3.05, 3.63) is 29.1 Å². The molecule has 12 heteroatoms. The van der Waals surface area contributed by atoms with E-state index in [2.05, 4.69) is 35.4 Å². The molecule has 4 atom stereocenters. The van der Waals surface area contributed by atoms with E-state index in [1.54, 1.807) is 23.4 Å². The van der Waals surface area contributed by atoms with Crippen molar-refractivity contribution < 1.29 is 19.4 Å². The Kier molecular flexibility index (Phi) is 5.02. The first-order valence-electron chi connectivity index (χ1n) is 9.96. The van der Waals surface area contributed by atoms with Gasteiger partial charge in [0.25, 0.3) is 12.4 Å². The number of thiazole rings is 1. The smallest absolute Gasteiger partial charge is 0.290 e. The summed E-state index contributed by atoms with van der Waals surface area (Å²) in [6.07, 6.45) is 5.69. The number of hydrogen-bond donors (Lipinski definition) is 3. The van der Waals surface area contributed by atoms with E-state index >= 15 is 0 Å². The molecule has 6 heterocycles. The Morgan fingerprint density at radius 3 is 3.13 bits per heavy atom. The molecular weight excluding hydrogens is 422 g/mol. The fraction of sp³-hybridized carbons (Fsp3) is 0.474. The number of H-pyrrole nitrogens is 1. The number of aromatic nitrogens is 5. The Labute approximate surface area is 180 Å². The van der Waals surface area contributed by atoms with Crippen LogP contribution in [0.3, 0.4) is 0 Å². The Morgan fingerprint density at radius 2 is 2.32 bits per heavy atom. The number of nitrogens with zero attached hydrogens (tertiary/aromatic N) is 5. The second kappa shape index (κ2) is 7.85. The molecule has 6 rings (SSSR count). The average molecular weight is 443 g/mol. The zero-order chi connectivity index (χ0) is 21.4. The molecule has 3 aromatic rings. The highest BCUT2D eigenvalue weighted by Crippen LogP contribution is 2.55. The van der Waals surface area contributed by atoms with E-state index in [1.807, 2.05) is 0 Å². The van der Waals surface area contributed by atoms with Gasteiger partial charge in [0, 0.05) is 36.9 Å². The van der Waals surface area contributed by atoms with Crippen molar-refractivity contribution in [1.82, 2.24) is 30.5 Å². The highest BCUT2D eigenvalue weighted by Gasteiger charge is 2.63. The normalized spacial score (nSPS) is 28.3. The molecule has 31 heavy (non-hydrogen) atoms. The van der Waals surface area contributed by atoms with Crippen LogP contribution in [0.5, 0.6) is 0 Å². The quantitative estimate of drug-likeness (QED) is 0.501. The third kappa shape index (κ3) is 3.31. The third-order valence-corrected chi connectivity index (χ3v) is 7.06. The number of carbonyl (C=O) groups is 2. The number of ether oxygens (including phenoxy) is 1. The Hall–Kier alpha value is -3.12. The van der Waals surface area contributed by atoms with Gasteiger partial charge in [-0.15, -0.1) is 11.3 Å². The molecule has 3 aliphatic rings. The van der Waals surface area contributed by atoms with E-state index in [1.165, 1.54) is 11.3 Å². The second-order valence-corrected chi connectivity index (χ2v) is 8.65. The molecule has 0 aromatic carbocycles. The maximum absolute atomic E-state index is 12.3. The molecule has 11 nitrogen and oxygen atoms in total. The first-order valence-corrected chi connectivity index (χ1v) is 10.9. The minimum atomic E-state index is -0.250. The molecule has 3 fully saturated rings. The van der Waals surface area contributed by atoms with Gasteiger partial charge in [0.1, 0.15) is 17.8 Å². The molecule has 2 bridgehead atoms. The third-order valence-electron chi connectivity index (χ3n) is 6.47. The van der Waals surface area contributed by atoms with Crippen LogP contribution < -0.4 is 10.2 Å². The second-order valence-electron chi connectivity index (χ2n) is 7.93. The van der Waals surface area contributed by atoms with Gasteiger partial charge in [0.15, 0.2) is 5.65 Å². The van der Waals surface area contributed by atoms with Crippen molar-refractivity contribution in [2.75, 3.05) is 24.5 Å². The summed E-state index contributed by atoms with van der Waals surface area (Å²) in [4.78, 5) is 35.8. The van der Waals surface area contributed by atoms with E-state index in [0.717, 1.165) is 42.8 Å². The number of nitrogens with one attached hydrogen (secondary N) is 2. The number of anilines is 1. The van der Waals surface area contributed by atoms with Gasteiger partial charge in [-0.3, -0.25) is 14.7 Å². The molecule has 0 aliphatic carbocycles. The van der Waals surface area contributed by atoms with Crippen LogP contribution in [0.4, 0.5) is 5.82 Å². The Bertz CT molecular complexity index is 1090. The lowest BCUT2D eigenvalue weighted by molar-refractivity contribution is -0.122. The van der Waals surface area contributed by atoms with Crippen molar-refractivity contribution >= 4 is 40.6 Å². The summed E-state index contributed by atoms with van der Waals surface area (Å²) < 4.78 is 6.49. The summed E-state index contributed by atoms with van der Waals surface area (Å²) in [5.41, 5.74) is 2.77. The topological polar surface area (TPSA) is 146 Å². The number of carboxylic acid groups (broad SMARTS) is 1. The summed E-state index contributed by atoms with van der Waals surface area (Å²) in [6.45, 7) is 2.05. The number of amides is 1. The van der Waals surface area contributed by atoms with Gasteiger partial charge in [0.2, 0.25) is 0 Å². The SMILES string of the molecule is O=C(NC[C@H]1[C@H]2CN(c3ncnc4[nH]ncc34)C[C@]23CC[C@H]1O3)c1cscn1.O=CO. The van der Waals surface area contributed by atoms with E-state index in [9.17, 15) is 4.79 Å². The van der Waals surface area contributed by atoms with Crippen LogP contribution in [0.15, 0.2) is 23.4 Å². The van der Waals surface area contributed by atoms with Crippen LogP contribution in [-0.4, -0.2) is 74.0 Å². The van der Waals surface area contributed by atoms with Crippen LogP contribution in [0.1, 0.15) is 23.3 Å². The van der Waals surface area contributed by atoms with Crippen molar-refractivity contribution in [1.29, 1.82) is 0 Å². The Morgan fingerprint density at radius 1 is 1.45 bits per heavy atom. The van der Waals surface area contributed by atoms with Gasteiger partial charge < -0.3 is 20.1 Å². The first-order chi connectivity index (χ1) is 15.1. The minimum absolute atomic E-state index is 0.108. The van der Waals surface area contributed by atoms with Crippen LogP contribution in [-0.2, 0) is 9.53 Å². The van der Waals surface area contributed by atoms with Crippen LogP contribution >= 0.6 is 11.3 Å². The van der Waals surface area contributed by atoms with E-state index in [4.69, 9.17) is 14.6 Å². The number of fused-ring (bicyclic) bond motifs is 2. The zero-order valence-corrected chi connectivity index (χ0v) is 17.3. The summed E-state index contributed by atoms with van der Waals surface area (Å²) in [7, 11) is 0. The molecule has 3 aliphatic heterocycles. The summed E-state index contributed by atoms with van der Waals surface area (Å²) >= 11 is 1.43. The molecule has 0 radical (unpaired) electrons. The molecule has 3 aromatic heterocycles. The lowest BCUT2D eigenvalue weighted by Crippen LogP contribution is -2.42. The number of rotatable bonds is 4. The van der Waals surface area contributed by atoms with Crippen LogP contribution in [0, 0.1) is 11.8 Å². The fourth-order valence-electron chi connectivity index (χ4n) is 5.25. The molecule has 162 valence electrons. The summed E-state index contributed by atoms with van der Waals surface area (Å²) in [5.74, 6) is 1.48. The monoisotopic (exact) mass is 443 g/mol. The molecule has 3 N–H and O–H groups in total. The summed E-state index contributed by atoms with van der Waals surface area (Å²) in [5, 5.41) is 19.7. The van der Waals surface area contributed by atoms with Gasteiger partial charge in [-0.1, -0.05) is 0 Å². The summed E-state index contributed by atoms with van der Waals surface area (Å²) in [6, 6.07) is 0. The molecule has 0 saturated carbocycles. The first kappa shape index (κ1) is 19.8. The molecule has 1 amide bonds. The highest BCUT2D eigenvalue weighted by atomic mass is 32.1. The average Bonchev–Trinajstić information content (AvgIpc) is 3.58. The van der Waals surface area contributed by atoms with E-state index in [-0.39, 0.29) is 24.1 Å². The van der Waals surface area contributed by atoms with Crippen molar-refractivity contribution in [3.63, 3.8) is 0 Å². The standard InChI is InChI=1S/C18H19N7O2S.CH2O2/c26-17(13-6-28-9-22-13)19-3-10-12-5-25(7-18(12)2-1-14(10)27-18)16-11-4-23-24-15(11)20-8-21-16;2-1-3/h4,6,8-10,12,14H,1-3,5,7H2,(H,19,26)(H,20,21,23,24);1H,(H,2,3)/t10-,12+,14+,18+;/m0./s1. The van der Waals surface area contributed by atoms with E-state index in [0.29, 0.717) is 24.1 Å². The van der Waals surface area contributed by atoms with Gasteiger partial charge in [-0.05, 0) is 12.8 Å². The Balaban J connectivity index is 0.000000646. The van der Waals surface area contributed by atoms with Gasteiger partial charge >= 0.3 is 0 Å². The number of hydrogen-bond acceptors (Lipinski definition) is 9. The minimum Gasteiger partial charge on any atom is -0.483 e. The molecule has 3 saturated heterocycles. The predicted molar refractivity (Wildman–Crippen MR) is 111 cm³/mol. The number of aromatic amines is 1. The fourth-order valence-corrected chi connectivity index (χ4v) is 5.79. The van der Waals surface area contributed by atoms with Crippen molar-refractivity contribution in [3.8, 4) is 0 Å². The predicted octanol–water partition coefficient (Wildman–Crippen LogP) is 0.924. The largest absolute Gasteiger partial charge is 0.483 e. The number of carbonyl (C=O) groups excluding carboxylic acids is 1. The van der Waals surface area contributed by atoms with Gasteiger partial charge in [-0.25, -0.2) is 15.0 Å². The maximum atomic E-state index is 12.3. The highest BCUT2D eigenvalue weighted by molar-refractivity contribution is 7.07. The lowest BCUT2D eigenvalue weighted by atomic mass is 9.73. The van der Waals surface area contributed by atoms with Gasteiger partial charge in [-0.2, -0.15) is 5.10 Å². The van der Waals surface area contributed by atoms with Crippen LogP contribution in [0.25, 0.3) is 11.0 Å². The van der Waals surface area contributed by atoms with Crippen molar-refractivity contribution in [2.45, 2.75) is 24.5 Å². The lowest BCUT2D eigenvalue weighted by Gasteiger charge is -2.29. The maximum Gasteiger partial charge on any atom is 0.290 e. The molecular formula is C19H21N7O4S. The molecule has 0 unspecified atom stereocenters.